The number of hydrogen-bond donors (Lipinski definition) is 2. The van der Waals surface area contributed by atoms with Crippen LogP contribution in [0.5, 0.6) is 11.5 Å². The minimum absolute atomic E-state index is 0.134. The fraction of sp³-hybridized carbons (Fsp3) is 0.538. The molecule has 0 radical (unpaired) electrons. The van der Waals surface area contributed by atoms with Gasteiger partial charge in [0.2, 0.25) is 0 Å². The molecule has 0 amide bonds. The highest BCUT2D eigenvalue weighted by molar-refractivity contribution is 5.47. The van der Waals surface area contributed by atoms with Gasteiger partial charge in [-0.05, 0) is 38.9 Å². The van der Waals surface area contributed by atoms with Gasteiger partial charge in [-0.3, -0.25) is 0 Å². The SMILES string of the molecule is CC(C)Oc1cccc(O)c1C1CCNC1. The second-order valence-electron chi connectivity index (χ2n) is 4.55. The normalized spacial score (nSPS) is 20.3. The van der Waals surface area contributed by atoms with Crippen LogP contribution in [0.3, 0.4) is 0 Å². The molecule has 16 heavy (non-hydrogen) atoms. The third kappa shape index (κ3) is 2.30. The van der Waals surface area contributed by atoms with Crippen molar-refractivity contribution < 1.29 is 9.84 Å². The number of ether oxygens (including phenoxy) is 1. The van der Waals surface area contributed by atoms with Crippen LogP contribution in [-0.4, -0.2) is 24.3 Å². The van der Waals surface area contributed by atoms with E-state index in [0.717, 1.165) is 30.8 Å². The molecule has 1 heterocycles. The van der Waals surface area contributed by atoms with Crippen LogP contribution in [0.4, 0.5) is 0 Å². The average Bonchev–Trinajstić information content (AvgIpc) is 2.69. The maximum atomic E-state index is 9.96. The molecule has 1 aromatic carbocycles. The van der Waals surface area contributed by atoms with Gasteiger partial charge in [0.1, 0.15) is 11.5 Å². The summed E-state index contributed by atoms with van der Waals surface area (Å²) in [5.41, 5.74) is 0.959. The second kappa shape index (κ2) is 4.74. The highest BCUT2D eigenvalue weighted by Gasteiger charge is 2.23. The molecule has 1 saturated heterocycles. The van der Waals surface area contributed by atoms with Crippen LogP contribution in [0.2, 0.25) is 0 Å². The molecule has 2 rings (SSSR count). The molecule has 3 nitrogen and oxygen atoms in total. The van der Waals surface area contributed by atoms with Gasteiger partial charge in [-0.15, -0.1) is 0 Å². The Morgan fingerprint density at radius 3 is 2.88 bits per heavy atom. The first-order valence-electron chi connectivity index (χ1n) is 5.87. The number of phenols is 1. The first-order chi connectivity index (χ1) is 7.68. The molecule has 1 aliphatic heterocycles. The van der Waals surface area contributed by atoms with Gasteiger partial charge in [-0.2, -0.15) is 0 Å². The van der Waals surface area contributed by atoms with Crippen LogP contribution in [0.1, 0.15) is 31.7 Å². The maximum absolute atomic E-state index is 9.96. The number of rotatable bonds is 3. The van der Waals surface area contributed by atoms with E-state index in [1.807, 2.05) is 26.0 Å². The third-order valence-electron chi connectivity index (χ3n) is 2.87. The standard InChI is InChI=1S/C13H19NO2/c1-9(2)16-12-5-3-4-11(15)13(12)10-6-7-14-8-10/h3-5,9-10,14-15H,6-8H2,1-2H3. The Labute approximate surface area is 96.4 Å². The molecule has 0 aliphatic carbocycles. The van der Waals surface area contributed by atoms with Crippen LogP contribution in [-0.2, 0) is 0 Å². The van der Waals surface area contributed by atoms with Gasteiger partial charge in [0.25, 0.3) is 0 Å². The average molecular weight is 221 g/mol. The van der Waals surface area contributed by atoms with Crippen molar-refractivity contribution in [2.75, 3.05) is 13.1 Å². The lowest BCUT2D eigenvalue weighted by Gasteiger charge is -2.18. The molecular formula is C13H19NO2. The highest BCUT2D eigenvalue weighted by atomic mass is 16.5. The number of hydrogen-bond acceptors (Lipinski definition) is 3. The van der Waals surface area contributed by atoms with E-state index in [-0.39, 0.29) is 6.10 Å². The van der Waals surface area contributed by atoms with E-state index in [2.05, 4.69) is 5.32 Å². The van der Waals surface area contributed by atoms with E-state index in [1.165, 1.54) is 0 Å². The van der Waals surface area contributed by atoms with Gasteiger partial charge in [0, 0.05) is 18.0 Å². The van der Waals surface area contributed by atoms with Crippen molar-refractivity contribution >= 4 is 0 Å². The van der Waals surface area contributed by atoms with Gasteiger partial charge < -0.3 is 15.2 Å². The van der Waals surface area contributed by atoms with Gasteiger partial charge in [-0.1, -0.05) is 6.07 Å². The summed E-state index contributed by atoms with van der Waals surface area (Å²) < 4.78 is 5.75. The molecule has 0 saturated carbocycles. The zero-order valence-electron chi connectivity index (χ0n) is 9.86. The quantitative estimate of drug-likeness (QED) is 0.822. The minimum atomic E-state index is 0.134. The van der Waals surface area contributed by atoms with E-state index in [0.29, 0.717) is 11.7 Å². The molecule has 0 aromatic heterocycles. The van der Waals surface area contributed by atoms with Crippen molar-refractivity contribution in [1.29, 1.82) is 0 Å². The van der Waals surface area contributed by atoms with Gasteiger partial charge >= 0.3 is 0 Å². The van der Waals surface area contributed by atoms with E-state index in [1.54, 1.807) is 6.07 Å². The molecule has 1 aromatic rings. The minimum Gasteiger partial charge on any atom is -0.508 e. The molecule has 0 bridgehead atoms. The second-order valence-corrected chi connectivity index (χ2v) is 4.55. The lowest BCUT2D eigenvalue weighted by molar-refractivity contribution is 0.237. The van der Waals surface area contributed by atoms with Gasteiger partial charge in [-0.25, -0.2) is 0 Å². The molecule has 1 aliphatic rings. The molecule has 1 fully saturated rings. The molecular weight excluding hydrogens is 202 g/mol. The predicted molar refractivity (Wildman–Crippen MR) is 64.1 cm³/mol. The molecule has 2 N–H and O–H groups in total. The Balaban J connectivity index is 2.31. The lowest BCUT2D eigenvalue weighted by atomic mass is 9.96. The summed E-state index contributed by atoms with van der Waals surface area (Å²) >= 11 is 0. The van der Waals surface area contributed by atoms with Gasteiger partial charge in [0.05, 0.1) is 6.10 Å². The zero-order valence-corrected chi connectivity index (χ0v) is 9.86. The van der Waals surface area contributed by atoms with Crippen molar-refractivity contribution in [2.24, 2.45) is 0 Å². The maximum Gasteiger partial charge on any atom is 0.126 e. The number of aromatic hydroxyl groups is 1. The summed E-state index contributed by atoms with van der Waals surface area (Å²) in [7, 11) is 0. The Hall–Kier alpha value is -1.22. The molecule has 1 atom stereocenters. The molecule has 88 valence electrons. The third-order valence-corrected chi connectivity index (χ3v) is 2.87. The predicted octanol–water partition coefficient (Wildman–Crippen LogP) is 2.26. The smallest absolute Gasteiger partial charge is 0.126 e. The van der Waals surface area contributed by atoms with Gasteiger partial charge in [0.15, 0.2) is 0 Å². The van der Waals surface area contributed by atoms with Crippen LogP contribution in [0.25, 0.3) is 0 Å². The zero-order chi connectivity index (χ0) is 11.5. The highest BCUT2D eigenvalue weighted by Crippen LogP contribution is 2.37. The molecule has 1 unspecified atom stereocenters. The summed E-state index contributed by atoms with van der Waals surface area (Å²) in [6.45, 7) is 5.94. The van der Waals surface area contributed by atoms with E-state index in [4.69, 9.17) is 4.74 Å². The van der Waals surface area contributed by atoms with Crippen molar-refractivity contribution in [3.8, 4) is 11.5 Å². The summed E-state index contributed by atoms with van der Waals surface area (Å²) in [4.78, 5) is 0. The van der Waals surface area contributed by atoms with Crippen LogP contribution < -0.4 is 10.1 Å². The summed E-state index contributed by atoms with van der Waals surface area (Å²) in [6.07, 6.45) is 1.20. The van der Waals surface area contributed by atoms with Crippen LogP contribution >= 0.6 is 0 Å². The fourth-order valence-electron chi connectivity index (χ4n) is 2.20. The number of nitrogens with one attached hydrogen (secondary N) is 1. The summed E-state index contributed by atoms with van der Waals surface area (Å²) in [5, 5.41) is 13.3. The topological polar surface area (TPSA) is 41.5 Å². The van der Waals surface area contributed by atoms with Crippen molar-refractivity contribution in [2.45, 2.75) is 32.3 Å². The Bertz CT molecular complexity index is 357. The Morgan fingerprint density at radius 2 is 2.25 bits per heavy atom. The van der Waals surface area contributed by atoms with Crippen molar-refractivity contribution in [1.82, 2.24) is 5.32 Å². The van der Waals surface area contributed by atoms with E-state index >= 15 is 0 Å². The van der Waals surface area contributed by atoms with Crippen LogP contribution in [0.15, 0.2) is 18.2 Å². The first kappa shape index (κ1) is 11.3. The number of benzene rings is 1. The fourth-order valence-corrected chi connectivity index (χ4v) is 2.20. The lowest BCUT2D eigenvalue weighted by Crippen LogP contribution is -2.12. The number of phenolic OH excluding ortho intramolecular Hbond substituents is 1. The van der Waals surface area contributed by atoms with Crippen LogP contribution in [0, 0.1) is 0 Å². The monoisotopic (exact) mass is 221 g/mol. The Kier molecular flexibility index (Phi) is 3.34. The van der Waals surface area contributed by atoms with E-state index in [9.17, 15) is 5.11 Å². The Morgan fingerprint density at radius 1 is 1.44 bits per heavy atom. The molecule has 0 spiro atoms. The van der Waals surface area contributed by atoms with Crippen molar-refractivity contribution in [3.63, 3.8) is 0 Å². The van der Waals surface area contributed by atoms with Crippen molar-refractivity contribution in [3.05, 3.63) is 23.8 Å². The summed E-state index contributed by atoms with van der Waals surface area (Å²) in [5.74, 6) is 1.55. The molecule has 3 heteroatoms. The first-order valence-corrected chi connectivity index (χ1v) is 5.87. The largest absolute Gasteiger partial charge is 0.508 e. The summed E-state index contributed by atoms with van der Waals surface area (Å²) in [6, 6.07) is 5.51. The van der Waals surface area contributed by atoms with E-state index < -0.39 is 0 Å².